The largest absolute Gasteiger partial charge is 2.00 e. The van der Waals surface area contributed by atoms with E-state index in [-0.39, 0.29) is 98.1 Å². The summed E-state index contributed by atoms with van der Waals surface area (Å²) in [4.78, 5) is 42.9. The van der Waals surface area contributed by atoms with Gasteiger partial charge in [-0.25, -0.2) is 0 Å². The monoisotopic (exact) mass is 1030 g/mol. The quantitative estimate of drug-likeness (QED) is 0.0358. The molecule has 364 valence electrons. The topological polar surface area (TPSA) is 151 Å². The van der Waals surface area contributed by atoms with Gasteiger partial charge in [0.05, 0.1) is 37.6 Å². The summed E-state index contributed by atoms with van der Waals surface area (Å²) in [6.07, 6.45) is 28.9. The molecule has 0 aliphatic carbocycles. The zero-order valence-corrected chi connectivity index (χ0v) is 45.5. The van der Waals surface area contributed by atoms with Gasteiger partial charge in [-0.3, -0.25) is 9.59 Å². The van der Waals surface area contributed by atoms with Gasteiger partial charge in [0.1, 0.15) is 0 Å². The van der Waals surface area contributed by atoms with Gasteiger partial charge in [0, 0.05) is 25.8 Å². The predicted octanol–water partition coefficient (Wildman–Crippen LogP) is 11.1. The van der Waals surface area contributed by atoms with Gasteiger partial charge in [0.2, 0.25) is 0 Å². The molecule has 0 aliphatic rings. The second-order valence-corrected chi connectivity index (χ2v) is 17.7. The summed E-state index contributed by atoms with van der Waals surface area (Å²) >= 11 is 0. The van der Waals surface area contributed by atoms with Crippen molar-refractivity contribution in [3.8, 4) is 0 Å². The molecule has 4 atom stereocenters. The number of benzene rings is 2. The van der Waals surface area contributed by atoms with E-state index in [1.807, 2.05) is 50.2 Å². The Bertz CT molecular complexity index is 1320. The number of carbonyl (C=O) groups excluding carboxylic acids is 4. The molecule has 0 saturated heterocycles. The second-order valence-electron chi connectivity index (χ2n) is 17.7. The molecule has 0 saturated carbocycles. The molecule has 11 heteroatoms. The van der Waals surface area contributed by atoms with E-state index in [0.29, 0.717) is 13.2 Å². The minimum atomic E-state index is -0.935. The van der Waals surface area contributed by atoms with Gasteiger partial charge in [0.15, 0.2) is 0 Å². The number of rotatable bonds is 40. The van der Waals surface area contributed by atoms with Crippen LogP contribution in [-0.4, -0.2) is 97.2 Å². The van der Waals surface area contributed by atoms with Gasteiger partial charge >= 0.3 is 60.8 Å². The Morgan fingerprint density at radius 2 is 0.692 bits per heavy atom. The maximum Gasteiger partial charge on any atom is 2.00 e. The van der Waals surface area contributed by atoms with Crippen LogP contribution in [0.3, 0.4) is 0 Å². The summed E-state index contributed by atoms with van der Waals surface area (Å²) in [6, 6.07) is 20.6. The fourth-order valence-corrected chi connectivity index (χ4v) is 7.91. The van der Waals surface area contributed by atoms with Crippen molar-refractivity contribution >= 4 is 72.8 Å². The molecule has 65 heavy (non-hydrogen) atoms. The average Bonchev–Trinajstić information content (AvgIpc) is 3.25. The van der Waals surface area contributed by atoms with Crippen molar-refractivity contribution in [1.29, 1.82) is 0 Å². The zero-order valence-electron chi connectivity index (χ0n) is 41.1. The Hall–Kier alpha value is -2.19. The minimum absolute atomic E-state index is 0. The van der Waals surface area contributed by atoms with Crippen LogP contribution in [0.25, 0.3) is 0 Å². The molecule has 2 aromatic carbocycles. The van der Waals surface area contributed by atoms with Crippen molar-refractivity contribution < 1.29 is 48.3 Å². The van der Waals surface area contributed by atoms with Gasteiger partial charge in [-0.15, -0.1) is 0 Å². The predicted molar refractivity (Wildman–Crippen MR) is 258 cm³/mol. The third-order valence-corrected chi connectivity index (χ3v) is 11.5. The molecule has 0 aliphatic heterocycles. The van der Waals surface area contributed by atoms with E-state index in [1.165, 1.54) is 102 Å². The van der Waals surface area contributed by atoms with E-state index in [1.54, 1.807) is 0 Å². The fourth-order valence-electron chi connectivity index (χ4n) is 7.91. The number of esters is 2. The number of carboxylic acid groups (broad SMARTS) is 2. The normalized spacial score (nSPS) is 12.7. The summed E-state index contributed by atoms with van der Waals surface area (Å²) in [5, 5.41) is 20.8. The summed E-state index contributed by atoms with van der Waals surface area (Å²) in [7, 11) is 0. The molecule has 0 spiro atoms. The number of unbranched alkanes of at least 4 members (excludes halogenated alkanes) is 16. The van der Waals surface area contributed by atoms with Crippen molar-refractivity contribution in [3.05, 3.63) is 71.8 Å². The Morgan fingerprint density at radius 3 is 0.985 bits per heavy atom. The van der Waals surface area contributed by atoms with E-state index in [0.717, 1.165) is 89.9 Å². The second kappa shape index (κ2) is 44.3. The van der Waals surface area contributed by atoms with E-state index >= 15 is 0 Å². The molecule has 0 aromatic heterocycles. The molecule has 2 aromatic rings. The number of hydrogen-bond acceptors (Lipinski definition) is 10. The SMILES string of the molecule is CC(=O)OC(C)CCCC(CCCCCCCCCCCC(=O)[O-])OCc1ccccc1.CC(=O)OC(C)CCCC(CCCCCCCCCCCC(=O)[O-])OCc1ccccc1.[Ba+2]. The first kappa shape index (κ1) is 62.8. The van der Waals surface area contributed by atoms with E-state index in [4.69, 9.17) is 18.9 Å². The smallest absolute Gasteiger partial charge is 0.550 e. The third kappa shape index (κ3) is 42.9. The van der Waals surface area contributed by atoms with Crippen LogP contribution >= 0.6 is 0 Å². The maximum atomic E-state index is 11.1. The Balaban J connectivity index is 0.00000124. The van der Waals surface area contributed by atoms with Crippen LogP contribution in [0.1, 0.15) is 219 Å². The molecule has 0 fully saturated rings. The first-order valence-corrected chi connectivity index (χ1v) is 25.0. The molecule has 0 heterocycles. The van der Waals surface area contributed by atoms with E-state index < -0.39 is 11.9 Å². The number of carboxylic acids is 2. The Labute approximate surface area is 434 Å². The molecule has 0 N–H and O–H groups in total. The molecular formula is C54H86BaO10. The van der Waals surface area contributed by atoms with E-state index in [2.05, 4.69) is 24.3 Å². The molecular weight excluding hydrogens is 946 g/mol. The molecule has 0 bridgehead atoms. The molecule has 4 unspecified atom stereocenters. The van der Waals surface area contributed by atoms with Crippen molar-refractivity contribution in [2.24, 2.45) is 0 Å². The third-order valence-electron chi connectivity index (χ3n) is 11.5. The number of aliphatic carboxylic acids is 2. The van der Waals surface area contributed by atoms with Gasteiger partial charge in [0.25, 0.3) is 0 Å². The van der Waals surface area contributed by atoms with Gasteiger partial charge in [-0.05, 0) is 102 Å². The first-order valence-electron chi connectivity index (χ1n) is 25.0. The van der Waals surface area contributed by atoms with Crippen LogP contribution in [0.4, 0.5) is 0 Å². The number of carbonyl (C=O) groups is 4. The molecule has 10 nitrogen and oxygen atoms in total. The van der Waals surface area contributed by atoms with E-state index in [9.17, 15) is 29.4 Å². The van der Waals surface area contributed by atoms with Gasteiger partial charge < -0.3 is 38.7 Å². The van der Waals surface area contributed by atoms with Crippen LogP contribution in [0, 0.1) is 0 Å². The summed E-state index contributed by atoms with van der Waals surface area (Å²) in [5.74, 6) is -2.30. The molecule has 0 amide bonds. The van der Waals surface area contributed by atoms with Crippen LogP contribution < -0.4 is 10.2 Å². The van der Waals surface area contributed by atoms with Crippen molar-refractivity contribution in [3.63, 3.8) is 0 Å². The average molecular weight is 1030 g/mol. The Morgan fingerprint density at radius 1 is 0.415 bits per heavy atom. The zero-order chi connectivity index (χ0) is 46.9. The maximum absolute atomic E-state index is 11.1. The van der Waals surface area contributed by atoms with Crippen molar-refractivity contribution in [1.82, 2.24) is 0 Å². The summed E-state index contributed by atoms with van der Waals surface area (Å²) < 4.78 is 22.9. The summed E-state index contributed by atoms with van der Waals surface area (Å²) in [5.41, 5.74) is 2.40. The number of hydrogen-bond donors (Lipinski definition) is 0. The van der Waals surface area contributed by atoms with Crippen LogP contribution in [0.15, 0.2) is 60.7 Å². The van der Waals surface area contributed by atoms with Crippen LogP contribution in [0.2, 0.25) is 0 Å². The number of ether oxygens (including phenoxy) is 4. The van der Waals surface area contributed by atoms with Crippen molar-refractivity contribution in [2.75, 3.05) is 0 Å². The van der Waals surface area contributed by atoms with Crippen LogP contribution in [-0.2, 0) is 51.3 Å². The molecule has 0 radical (unpaired) electrons. The molecule has 2 rings (SSSR count). The Kier molecular flexibility index (Phi) is 42.8. The first-order chi connectivity index (χ1) is 30.9. The fraction of sp³-hybridized carbons (Fsp3) is 0.704. The van der Waals surface area contributed by atoms with Crippen molar-refractivity contribution in [2.45, 2.75) is 245 Å². The van der Waals surface area contributed by atoms with Gasteiger partial charge in [-0.2, -0.15) is 0 Å². The standard InChI is InChI=1S/2C27H44O5.Ba/c2*1-23(32-24(2)28)16-15-20-26(31-22-25-17-11-10-12-18-25)19-13-8-6-4-3-5-7-9-14-21-27(29)30;/h2*10-12,17-18,23,26H,3-9,13-16,19-22H2,1-2H3,(H,29,30);/q;;+2/p-2. The minimum Gasteiger partial charge on any atom is -0.550 e. The van der Waals surface area contributed by atoms with Crippen LogP contribution in [0.5, 0.6) is 0 Å². The summed E-state index contributed by atoms with van der Waals surface area (Å²) in [6.45, 7) is 8.10. The van der Waals surface area contributed by atoms with Gasteiger partial charge in [-0.1, -0.05) is 163 Å².